The van der Waals surface area contributed by atoms with Crippen molar-refractivity contribution >= 4 is 10.0 Å². The first-order valence-corrected chi connectivity index (χ1v) is 5.99. The molecule has 0 aliphatic rings. The molecule has 0 amide bonds. The van der Waals surface area contributed by atoms with Gasteiger partial charge in [-0.2, -0.15) is 0 Å². The van der Waals surface area contributed by atoms with Gasteiger partial charge in [-0.1, -0.05) is 27.2 Å². The highest BCUT2D eigenvalue weighted by atomic mass is 28.3. The summed E-state index contributed by atoms with van der Waals surface area (Å²) in [5, 5.41) is 0. The molecular weight excluding hydrogens is 168 g/mol. The summed E-state index contributed by atoms with van der Waals surface area (Å²) in [5.41, 5.74) is 0. The second-order valence-corrected chi connectivity index (χ2v) is 3.96. The van der Waals surface area contributed by atoms with E-state index < -0.39 is 10.0 Å². The fourth-order valence-electron chi connectivity index (χ4n) is 0.226. The first-order chi connectivity index (χ1) is 5.68. The molecule has 0 aliphatic carbocycles. The summed E-state index contributed by atoms with van der Waals surface area (Å²) in [6, 6.07) is 0. The van der Waals surface area contributed by atoms with Crippen molar-refractivity contribution in [1.82, 2.24) is 0 Å². The predicted molar refractivity (Wildman–Crippen MR) is 56.9 cm³/mol. The molecule has 0 N–H and O–H groups in total. The number of rotatable bonds is 5. The maximum atomic E-state index is 4.99. The molecule has 0 aromatic carbocycles. The molecule has 0 spiro atoms. The normalized spacial score (nSPS) is 9.50. The second-order valence-electron chi connectivity index (χ2n) is 2.91. The molecule has 76 valence electrons. The first-order valence-electron chi connectivity index (χ1n) is 4.84. The third kappa shape index (κ3) is 22.5. The van der Waals surface area contributed by atoms with Gasteiger partial charge in [0.25, 0.3) is 0 Å². The summed E-state index contributed by atoms with van der Waals surface area (Å²) in [6.45, 7) is 12.2. The molecule has 0 unspecified atom stereocenters. The topological polar surface area (TPSA) is 18.5 Å². The van der Waals surface area contributed by atoms with Crippen LogP contribution >= 0.6 is 0 Å². The van der Waals surface area contributed by atoms with Crippen LogP contribution in [0.2, 0.25) is 0 Å². The molecule has 0 saturated heterocycles. The molecule has 0 aliphatic heterocycles. The molecule has 0 atom stereocenters. The smallest absolute Gasteiger partial charge is 0.304 e. The maximum absolute atomic E-state index is 4.99. The molecular formula is C9H24O2Si. The van der Waals surface area contributed by atoms with Gasteiger partial charge in [0, 0.05) is 13.2 Å². The maximum Gasteiger partial charge on any atom is 0.304 e. The van der Waals surface area contributed by atoms with Crippen molar-refractivity contribution in [2.75, 3.05) is 13.2 Å². The summed E-state index contributed by atoms with van der Waals surface area (Å²) in [5.74, 6) is 0.884. The summed E-state index contributed by atoms with van der Waals surface area (Å²) < 4.78 is 9.98. The Kier molecular flexibility index (Phi) is 16.7. The summed E-state index contributed by atoms with van der Waals surface area (Å²) in [4.78, 5) is 0. The van der Waals surface area contributed by atoms with Crippen molar-refractivity contribution in [1.29, 1.82) is 0 Å². The van der Waals surface area contributed by atoms with Crippen LogP contribution in [-0.4, -0.2) is 23.2 Å². The van der Waals surface area contributed by atoms with Crippen LogP contribution in [0.5, 0.6) is 0 Å². The van der Waals surface area contributed by atoms with Gasteiger partial charge in [0.05, 0.1) is 0 Å². The molecule has 0 bridgehead atoms. The van der Waals surface area contributed by atoms with Crippen LogP contribution in [0, 0.1) is 5.92 Å². The zero-order chi connectivity index (χ0) is 9.82. The molecule has 0 aromatic heterocycles. The van der Waals surface area contributed by atoms with E-state index in [-0.39, 0.29) is 0 Å². The van der Waals surface area contributed by atoms with E-state index in [1.807, 2.05) is 13.8 Å². The lowest BCUT2D eigenvalue weighted by Crippen LogP contribution is -2.02. The fourth-order valence-corrected chi connectivity index (χ4v) is 0.677. The van der Waals surface area contributed by atoms with Gasteiger partial charge in [-0.25, -0.2) is 0 Å². The summed E-state index contributed by atoms with van der Waals surface area (Å²) in [7, 11) is -0.589. The minimum absolute atomic E-state index is 0.589. The van der Waals surface area contributed by atoms with Gasteiger partial charge in [-0.3, -0.25) is 0 Å². The van der Waals surface area contributed by atoms with Crippen molar-refractivity contribution in [3.63, 3.8) is 0 Å². The molecule has 0 heterocycles. The van der Waals surface area contributed by atoms with Crippen LogP contribution in [-0.2, 0) is 8.85 Å². The van der Waals surface area contributed by atoms with Gasteiger partial charge < -0.3 is 8.85 Å². The van der Waals surface area contributed by atoms with Crippen molar-refractivity contribution in [3.8, 4) is 0 Å². The Labute approximate surface area is 79.7 Å². The third-order valence-electron chi connectivity index (χ3n) is 1.39. The van der Waals surface area contributed by atoms with E-state index in [1.165, 1.54) is 6.42 Å². The highest BCUT2D eigenvalue weighted by molar-refractivity contribution is 6.17. The Morgan fingerprint density at radius 3 is 1.50 bits per heavy atom. The van der Waals surface area contributed by atoms with Crippen LogP contribution in [0.1, 0.15) is 41.0 Å². The van der Waals surface area contributed by atoms with Gasteiger partial charge in [-0.15, -0.1) is 0 Å². The highest BCUT2D eigenvalue weighted by Gasteiger charge is 1.80. The lowest BCUT2D eigenvalue weighted by Gasteiger charge is -1.96. The van der Waals surface area contributed by atoms with Gasteiger partial charge in [-0.05, 0) is 19.8 Å². The largest absolute Gasteiger partial charge is 0.399 e. The second kappa shape index (κ2) is 13.7. The average molecular weight is 192 g/mol. The van der Waals surface area contributed by atoms with E-state index in [0.29, 0.717) is 0 Å². The summed E-state index contributed by atoms with van der Waals surface area (Å²) >= 11 is 0. The minimum atomic E-state index is -0.589. The zero-order valence-corrected chi connectivity index (χ0v) is 10.6. The quantitative estimate of drug-likeness (QED) is 0.491. The zero-order valence-electron chi connectivity index (χ0n) is 9.22. The van der Waals surface area contributed by atoms with Crippen LogP contribution in [0.25, 0.3) is 0 Å². The third-order valence-corrected chi connectivity index (χ3v) is 2.54. The lowest BCUT2D eigenvalue weighted by atomic mass is 10.2. The summed E-state index contributed by atoms with van der Waals surface area (Å²) in [6.07, 6.45) is 1.31. The van der Waals surface area contributed by atoms with E-state index in [4.69, 9.17) is 8.85 Å². The highest BCUT2D eigenvalue weighted by Crippen LogP contribution is 1.93. The first kappa shape index (κ1) is 14.6. The Morgan fingerprint density at radius 1 is 1.00 bits per heavy atom. The predicted octanol–water partition coefficient (Wildman–Crippen LogP) is 2.11. The Bertz CT molecular complexity index is 63.5. The van der Waals surface area contributed by atoms with E-state index in [2.05, 4.69) is 20.8 Å². The fraction of sp³-hybridized carbons (Fsp3) is 1.00. The van der Waals surface area contributed by atoms with Crippen molar-refractivity contribution in [2.45, 2.75) is 41.0 Å². The monoisotopic (exact) mass is 192 g/mol. The van der Waals surface area contributed by atoms with Crippen LogP contribution in [0.4, 0.5) is 0 Å². The van der Waals surface area contributed by atoms with Gasteiger partial charge in [0.15, 0.2) is 0 Å². The van der Waals surface area contributed by atoms with Gasteiger partial charge >= 0.3 is 10.0 Å². The average Bonchev–Trinajstić information content (AvgIpc) is 2.07. The van der Waals surface area contributed by atoms with Crippen molar-refractivity contribution < 1.29 is 8.85 Å². The molecule has 0 aromatic rings. The van der Waals surface area contributed by atoms with E-state index in [0.717, 1.165) is 19.1 Å². The van der Waals surface area contributed by atoms with Crippen LogP contribution in [0.15, 0.2) is 0 Å². The molecule has 0 saturated carbocycles. The van der Waals surface area contributed by atoms with Crippen LogP contribution < -0.4 is 0 Å². The van der Waals surface area contributed by atoms with Crippen molar-refractivity contribution in [2.24, 2.45) is 5.92 Å². The SMILES string of the molecule is CCC(C)C.CCO[SiH2]OCC. The van der Waals surface area contributed by atoms with Gasteiger partial charge in [0.1, 0.15) is 0 Å². The van der Waals surface area contributed by atoms with Gasteiger partial charge in [0.2, 0.25) is 0 Å². The minimum Gasteiger partial charge on any atom is -0.399 e. The Hall–Kier alpha value is 0.137. The molecule has 0 radical (unpaired) electrons. The molecule has 3 heteroatoms. The molecule has 0 fully saturated rings. The lowest BCUT2D eigenvalue weighted by molar-refractivity contribution is 0.240. The van der Waals surface area contributed by atoms with Crippen LogP contribution in [0.3, 0.4) is 0 Å². The number of hydrogen-bond acceptors (Lipinski definition) is 2. The Balaban J connectivity index is 0. The molecule has 0 rings (SSSR count). The van der Waals surface area contributed by atoms with E-state index in [1.54, 1.807) is 0 Å². The van der Waals surface area contributed by atoms with E-state index >= 15 is 0 Å². The number of hydrogen-bond donors (Lipinski definition) is 0. The van der Waals surface area contributed by atoms with Crippen molar-refractivity contribution in [3.05, 3.63) is 0 Å². The standard InChI is InChI=1S/C5H12.C4H12O2Si/c1-4-5(2)3;1-3-5-7-6-4-2/h5H,4H2,1-3H3;3-4,7H2,1-2H3. The molecule has 12 heavy (non-hydrogen) atoms. The van der Waals surface area contributed by atoms with E-state index in [9.17, 15) is 0 Å². The molecule has 2 nitrogen and oxygen atoms in total. The Morgan fingerprint density at radius 2 is 1.33 bits per heavy atom.